The van der Waals surface area contributed by atoms with Crippen molar-refractivity contribution >= 4 is 34.8 Å². The van der Waals surface area contributed by atoms with Crippen LogP contribution in [0.3, 0.4) is 0 Å². The Balaban J connectivity index is 2.14. The second-order valence-corrected chi connectivity index (χ2v) is 5.39. The number of anilines is 2. The molecule has 18 heavy (non-hydrogen) atoms. The lowest BCUT2D eigenvalue weighted by Gasteiger charge is -2.16. The minimum absolute atomic E-state index is 0.399. The van der Waals surface area contributed by atoms with E-state index in [1.165, 1.54) is 0 Å². The number of hydrogen-bond acceptors (Lipinski definition) is 4. The number of likely N-dealkylation sites (N-methyl/N-ethyl adjacent to an activating group) is 1. The number of likely N-dealkylation sites (tertiary alicyclic amines) is 1. The van der Waals surface area contributed by atoms with Crippen molar-refractivity contribution in [3.05, 3.63) is 16.1 Å². The zero-order valence-corrected chi connectivity index (χ0v) is 12.1. The molecule has 1 saturated heterocycles. The quantitative estimate of drug-likeness (QED) is 0.894. The van der Waals surface area contributed by atoms with Crippen LogP contribution < -0.4 is 10.6 Å². The zero-order valence-electron chi connectivity index (χ0n) is 10.6. The first-order valence-electron chi connectivity index (χ1n) is 6.15. The van der Waals surface area contributed by atoms with Crippen molar-refractivity contribution in [3.63, 3.8) is 0 Å². The minimum Gasteiger partial charge on any atom is -0.369 e. The van der Waals surface area contributed by atoms with Crippen LogP contribution in [0.15, 0.2) is 6.07 Å². The highest BCUT2D eigenvalue weighted by Gasteiger charge is 2.21. The molecule has 1 aromatic heterocycles. The Morgan fingerprint density at radius 1 is 1.39 bits per heavy atom. The molecule has 2 heterocycles. The summed E-state index contributed by atoms with van der Waals surface area (Å²) < 4.78 is 0. The third kappa shape index (κ3) is 3.19. The average molecular weight is 289 g/mol. The van der Waals surface area contributed by atoms with Gasteiger partial charge in [0, 0.05) is 19.1 Å². The molecule has 0 radical (unpaired) electrons. The van der Waals surface area contributed by atoms with E-state index in [1.54, 1.807) is 6.07 Å². The summed E-state index contributed by atoms with van der Waals surface area (Å²) >= 11 is 12.2. The van der Waals surface area contributed by atoms with Crippen LogP contribution in [0.4, 0.5) is 11.6 Å². The van der Waals surface area contributed by atoms with Crippen LogP contribution >= 0.6 is 23.2 Å². The predicted octanol–water partition coefficient (Wildman–Crippen LogP) is 2.94. The van der Waals surface area contributed by atoms with Gasteiger partial charge in [-0.1, -0.05) is 23.2 Å². The Kier molecular flexibility index (Phi) is 4.54. The van der Waals surface area contributed by atoms with Crippen molar-refractivity contribution in [2.75, 3.05) is 37.3 Å². The molecule has 1 aliphatic heterocycles. The fourth-order valence-corrected chi connectivity index (χ4v) is 2.59. The normalized spacial score (nSPS) is 20.1. The molecule has 6 heteroatoms. The van der Waals surface area contributed by atoms with Crippen molar-refractivity contribution in [2.45, 2.75) is 19.4 Å². The Labute approximate surface area is 118 Å². The van der Waals surface area contributed by atoms with Gasteiger partial charge in [0.25, 0.3) is 0 Å². The molecule has 4 nitrogen and oxygen atoms in total. The number of nitrogens with one attached hydrogen (secondary N) is 2. The monoisotopic (exact) mass is 288 g/mol. The van der Waals surface area contributed by atoms with Crippen LogP contribution in [0.1, 0.15) is 13.3 Å². The smallest absolute Gasteiger partial charge is 0.147 e. The molecular formula is C12H18Cl2N4. The third-order valence-electron chi connectivity index (χ3n) is 3.01. The SMILES string of the molecule is CCNc1nc(NC2CCN(C)C2)c(Cl)cc1Cl. The van der Waals surface area contributed by atoms with Crippen LogP contribution in [0.25, 0.3) is 0 Å². The molecule has 1 aromatic rings. The summed E-state index contributed by atoms with van der Waals surface area (Å²) in [6, 6.07) is 2.13. The first kappa shape index (κ1) is 13.7. The molecule has 1 atom stereocenters. The van der Waals surface area contributed by atoms with E-state index in [9.17, 15) is 0 Å². The van der Waals surface area contributed by atoms with E-state index in [0.29, 0.717) is 27.7 Å². The van der Waals surface area contributed by atoms with E-state index in [-0.39, 0.29) is 0 Å². The number of pyridine rings is 1. The fraction of sp³-hybridized carbons (Fsp3) is 0.583. The Hall–Kier alpha value is -0.710. The van der Waals surface area contributed by atoms with Crippen LogP contribution in [-0.4, -0.2) is 42.6 Å². The van der Waals surface area contributed by atoms with E-state index in [2.05, 4.69) is 27.6 Å². The largest absolute Gasteiger partial charge is 0.369 e. The first-order chi connectivity index (χ1) is 8.60. The van der Waals surface area contributed by atoms with Gasteiger partial charge in [-0.15, -0.1) is 0 Å². The maximum absolute atomic E-state index is 6.17. The van der Waals surface area contributed by atoms with E-state index >= 15 is 0 Å². The summed E-state index contributed by atoms with van der Waals surface area (Å²) in [6.45, 7) is 4.89. The van der Waals surface area contributed by atoms with Crippen molar-refractivity contribution < 1.29 is 0 Å². The van der Waals surface area contributed by atoms with E-state index < -0.39 is 0 Å². The molecule has 1 fully saturated rings. The third-order valence-corrected chi connectivity index (χ3v) is 3.58. The predicted molar refractivity (Wildman–Crippen MR) is 77.9 cm³/mol. The van der Waals surface area contributed by atoms with Crippen LogP contribution in [0.5, 0.6) is 0 Å². The average Bonchev–Trinajstić information content (AvgIpc) is 2.71. The summed E-state index contributed by atoms with van der Waals surface area (Å²) in [5.41, 5.74) is 0. The number of aromatic nitrogens is 1. The minimum atomic E-state index is 0.399. The van der Waals surface area contributed by atoms with Gasteiger partial charge in [0.1, 0.15) is 11.6 Å². The van der Waals surface area contributed by atoms with Gasteiger partial charge in [-0.3, -0.25) is 0 Å². The number of rotatable bonds is 4. The second-order valence-electron chi connectivity index (χ2n) is 4.57. The van der Waals surface area contributed by atoms with Gasteiger partial charge in [0.05, 0.1) is 10.0 Å². The van der Waals surface area contributed by atoms with Gasteiger partial charge in [-0.05, 0) is 33.0 Å². The van der Waals surface area contributed by atoms with Gasteiger partial charge in [0.15, 0.2) is 0 Å². The van der Waals surface area contributed by atoms with Crippen molar-refractivity contribution in [1.29, 1.82) is 0 Å². The lowest BCUT2D eigenvalue weighted by atomic mass is 10.2. The van der Waals surface area contributed by atoms with Gasteiger partial charge in [0.2, 0.25) is 0 Å². The molecule has 100 valence electrons. The molecule has 2 N–H and O–H groups in total. The fourth-order valence-electron chi connectivity index (χ4n) is 2.11. The highest BCUT2D eigenvalue weighted by Crippen LogP contribution is 2.30. The van der Waals surface area contributed by atoms with Crippen LogP contribution in [0.2, 0.25) is 10.0 Å². The van der Waals surface area contributed by atoms with E-state index in [0.717, 1.165) is 26.1 Å². The van der Waals surface area contributed by atoms with Crippen molar-refractivity contribution in [2.24, 2.45) is 0 Å². The zero-order chi connectivity index (χ0) is 13.1. The highest BCUT2D eigenvalue weighted by molar-refractivity contribution is 6.37. The summed E-state index contributed by atoms with van der Waals surface area (Å²) in [5.74, 6) is 1.38. The molecule has 0 spiro atoms. The van der Waals surface area contributed by atoms with Gasteiger partial charge in [-0.2, -0.15) is 0 Å². The maximum Gasteiger partial charge on any atom is 0.147 e. The Bertz CT molecular complexity index is 425. The topological polar surface area (TPSA) is 40.2 Å². The highest BCUT2D eigenvalue weighted by atomic mass is 35.5. The van der Waals surface area contributed by atoms with E-state index in [4.69, 9.17) is 23.2 Å². The Morgan fingerprint density at radius 2 is 2.11 bits per heavy atom. The molecule has 1 unspecified atom stereocenters. The Morgan fingerprint density at radius 3 is 2.72 bits per heavy atom. The molecule has 0 aliphatic carbocycles. The lowest BCUT2D eigenvalue weighted by molar-refractivity contribution is 0.414. The molecule has 0 saturated carbocycles. The van der Waals surface area contributed by atoms with Gasteiger partial charge in [-0.25, -0.2) is 4.98 Å². The van der Waals surface area contributed by atoms with E-state index in [1.807, 2.05) is 6.92 Å². The first-order valence-corrected chi connectivity index (χ1v) is 6.90. The summed E-state index contributed by atoms with van der Waals surface area (Å²) in [4.78, 5) is 6.73. The van der Waals surface area contributed by atoms with Gasteiger partial charge >= 0.3 is 0 Å². The maximum atomic E-state index is 6.17. The molecule has 0 bridgehead atoms. The number of nitrogens with zero attached hydrogens (tertiary/aromatic N) is 2. The number of halogens is 2. The molecular weight excluding hydrogens is 271 g/mol. The summed E-state index contributed by atoms with van der Waals surface area (Å²) in [6.07, 6.45) is 1.10. The summed E-state index contributed by atoms with van der Waals surface area (Å²) in [7, 11) is 2.11. The number of hydrogen-bond donors (Lipinski definition) is 2. The molecule has 0 aromatic carbocycles. The second kappa shape index (κ2) is 5.95. The van der Waals surface area contributed by atoms with Crippen molar-refractivity contribution in [3.8, 4) is 0 Å². The van der Waals surface area contributed by atoms with Crippen LogP contribution in [0, 0.1) is 0 Å². The van der Waals surface area contributed by atoms with Crippen molar-refractivity contribution in [1.82, 2.24) is 9.88 Å². The lowest BCUT2D eigenvalue weighted by Crippen LogP contribution is -2.24. The molecule has 1 aliphatic rings. The summed E-state index contributed by atoms with van der Waals surface area (Å²) in [5, 5.41) is 7.62. The van der Waals surface area contributed by atoms with Crippen LogP contribution in [-0.2, 0) is 0 Å². The molecule has 0 amide bonds. The van der Waals surface area contributed by atoms with Gasteiger partial charge < -0.3 is 15.5 Å². The molecule has 2 rings (SSSR count). The standard InChI is InChI=1S/C12H18Cl2N4/c1-3-15-11-9(13)6-10(14)12(17-11)16-8-4-5-18(2)7-8/h6,8H,3-5,7H2,1-2H3,(H2,15,16,17).